The van der Waals surface area contributed by atoms with E-state index in [0.717, 1.165) is 24.4 Å². The molecule has 1 heterocycles. The first kappa shape index (κ1) is 13.4. The van der Waals surface area contributed by atoms with E-state index in [2.05, 4.69) is 24.1 Å². The molecular formula is C15H30N2. The Bertz CT molecular complexity index is 217. The van der Waals surface area contributed by atoms with E-state index >= 15 is 0 Å². The van der Waals surface area contributed by atoms with Gasteiger partial charge in [0.05, 0.1) is 0 Å². The average molecular weight is 238 g/mol. The minimum absolute atomic E-state index is 0.790. The quantitative estimate of drug-likeness (QED) is 0.758. The van der Waals surface area contributed by atoms with Crippen molar-refractivity contribution in [3.63, 3.8) is 0 Å². The molecule has 1 saturated heterocycles. The highest BCUT2D eigenvalue weighted by molar-refractivity contribution is 4.83. The molecule has 2 nitrogen and oxygen atoms in total. The van der Waals surface area contributed by atoms with E-state index in [1.165, 1.54) is 58.2 Å². The van der Waals surface area contributed by atoms with Gasteiger partial charge < -0.3 is 10.2 Å². The first-order valence-corrected chi connectivity index (χ1v) is 7.75. The Morgan fingerprint density at radius 3 is 2.65 bits per heavy atom. The molecule has 3 unspecified atom stereocenters. The summed E-state index contributed by atoms with van der Waals surface area (Å²) in [5.74, 6) is 1.83. The molecule has 1 saturated carbocycles. The molecule has 2 aliphatic rings. The van der Waals surface area contributed by atoms with E-state index < -0.39 is 0 Å². The van der Waals surface area contributed by atoms with Crippen LogP contribution in [0, 0.1) is 11.8 Å². The molecule has 0 radical (unpaired) electrons. The summed E-state index contributed by atoms with van der Waals surface area (Å²) >= 11 is 0. The van der Waals surface area contributed by atoms with E-state index in [9.17, 15) is 0 Å². The molecule has 0 aromatic rings. The van der Waals surface area contributed by atoms with E-state index in [1.807, 2.05) is 0 Å². The van der Waals surface area contributed by atoms with Crippen LogP contribution in [-0.2, 0) is 0 Å². The van der Waals surface area contributed by atoms with Crippen LogP contribution in [0.25, 0.3) is 0 Å². The fourth-order valence-electron chi connectivity index (χ4n) is 3.66. The Morgan fingerprint density at radius 2 is 1.94 bits per heavy atom. The first-order valence-electron chi connectivity index (χ1n) is 7.75. The summed E-state index contributed by atoms with van der Waals surface area (Å²) in [4.78, 5) is 2.71. The van der Waals surface area contributed by atoms with Crippen LogP contribution >= 0.6 is 0 Å². The van der Waals surface area contributed by atoms with Gasteiger partial charge in [-0.2, -0.15) is 0 Å². The maximum atomic E-state index is 3.73. The van der Waals surface area contributed by atoms with Gasteiger partial charge in [0, 0.05) is 19.1 Å². The third-order valence-electron chi connectivity index (χ3n) is 4.63. The van der Waals surface area contributed by atoms with Gasteiger partial charge in [-0.15, -0.1) is 0 Å². The molecule has 1 aliphatic carbocycles. The summed E-state index contributed by atoms with van der Waals surface area (Å²) < 4.78 is 0. The van der Waals surface area contributed by atoms with Crippen LogP contribution in [0.3, 0.4) is 0 Å². The van der Waals surface area contributed by atoms with Gasteiger partial charge in [0.2, 0.25) is 0 Å². The molecule has 100 valence electrons. The second kappa shape index (κ2) is 6.75. The van der Waals surface area contributed by atoms with Gasteiger partial charge >= 0.3 is 0 Å². The van der Waals surface area contributed by atoms with Crippen LogP contribution < -0.4 is 5.32 Å². The van der Waals surface area contributed by atoms with Crippen molar-refractivity contribution in [3.8, 4) is 0 Å². The van der Waals surface area contributed by atoms with Gasteiger partial charge in [-0.3, -0.25) is 0 Å². The van der Waals surface area contributed by atoms with Crippen molar-refractivity contribution in [3.05, 3.63) is 0 Å². The lowest BCUT2D eigenvalue weighted by Crippen LogP contribution is -2.41. The fourth-order valence-corrected chi connectivity index (χ4v) is 3.66. The molecule has 0 spiro atoms. The van der Waals surface area contributed by atoms with Gasteiger partial charge in [-0.25, -0.2) is 0 Å². The second-order valence-electron chi connectivity index (χ2n) is 6.22. The molecule has 0 amide bonds. The Morgan fingerprint density at radius 1 is 1.12 bits per heavy atom. The van der Waals surface area contributed by atoms with Gasteiger partial charge in [0.1, 0.15) is 0 Å². The zero-order valence-electron chi connectivity index (χ0n) is 11.8. The van der Waals surface area contributed by atoms with Crippen LogP contribution in [0.2, 0.25) is 0 Å². The van der Waals surface area contributed by atoms with Crippen LogP contribution in [0.4, 0.5) is 0 Å². The lowest BCUT2D eigenvalue weighted by atomic mass is 9.94. The maximum absolute atomic E-state index is 3.73. The third kappa shape index (κ3) is 3.96. The highest BCUT2D eigenvalue weighted by atomic mass is 15.1. The van der Waals surface area contributed by atoms with E-state index in [-0.39, 0.29) is 0 Å². The number of rotatable bonds is 4. The summed E-state index contributed by atoms with van der Waals surface area (Å²) in [6, 6.07) is 0.790. The number of hydrogen-bond donors (Lipinski definition) is 1. The molecular weight excluding hydrogens is 208 g/mol. The summed E-state index contributed by atoms with van der Waals surface area (Å²) in [5.41, 5.74) is 0. The van der Waals surface area contributed by atoms with Crippen LogP contribution in [0.5, 0.6) is 0 Å². The summed E-state index contributed by atoms with van der Waals surface area (Å²) in [7, 11) is 0. The Balaban J connectivity index is 1.85. The Kier molecular flexibility index (Phi) is 5.30. The van der Waals surface area contributed by atoms with Crippen molar-refractivity contribution in [2.24, 2.45) is 11.8 Å². The standard InChI is InChI=1S/C15H30N2/c1-3-16-15-8-6-4-5-7-14(15)12-17-10-9-13(2)11-17/h13-16H,3-12H2,1-2H3. The van der Waals surface area contributed by atoms with E-state index in [1.54, 1.807) is 0 Å². The monoisotopic (exact) mass is 238 g/mol. The molecule has 1 aliphatic heterocycles. The lowest BCUT2D eigenvalue weighted by Gasteiger charge is -2.30. The van der Waals surface area contributed by atoms with Crippen LogP contribution in [0.1, 0.15) is 52.4 Å². The predicted octanol–water partition coefficient (Wildman–Crippen LogP) is 2.89. The summed E-state index contributed by atoms with van der Waals surface area (Å²) in [6.07, 6.45) is 8.61. The second-order valence-corrected chi connectivity index (χ2v) is 6.22. The third-order valence-corrected chi connectivity index (χ3v) is 4.63. The van der Waals surface area contributed by atoms with Crippen molar-refractivity contribution in [2.45, 2.75) is 58.4 Å². The molecule has 2 fully saturated rings. The van der Waals surface area contributed by atoms with Gasteiger partial charge in [0.25, 0.3) is 0 Å². The molecule has 0 bridgehead atoms. The largest absolute Gasteiger partial charge is 0.314 e. The van der Waals surface area contributed by atoms with Crippen molar-refractivity contribution in [1.29, 1.82) is 0 Å². The molecule has 2 rings (SSSR count). The van der Waals surface area contributed by atoms with Crippen molar-refractivity contribution < 1.29 is 0 Å². The normalized spacial score (nSPS) is 36.0. The molecule has 17 heavy (non-hydrogen) atoms. The minimum Gasteiger partial charge on any atom is -0.314 e. The number of nitrogens with one attached hydrogen (secondary N) is 1. The van der Waals surface area contributed by atoms with Crippen molar-refractivity contribution in [1.82, 2.24) is 10.2 Å². The lowest BCUT2D eigenvalue weighted by molar-refractivity contribution is 0.221. The average Bonchev–Trinajstić information content (AvgIpc) is 2.58. The summed E-state index contributed by atoms with van der Waals surface area (Å²) in [5, 5.41) is 3.73. The Hall–Kier alpha value is -0.0800. The molecule has 3 atom stereocenters. The SMILES string of the molecule is CCNC1CCCCCC1CN1CCC(C)C1. The Labute approximate surface area is 107 Å². The molecule has 0 aromatic carbocycles. The fraction of sp³-hybridized carbons (Fsp3) is 1.00. The number of nitrogens with zero attached hydrogens (tertiary/aromatic N) is 1. The smallest absolute Gasteiger partial charge is 0.0107 e. The van der Waals surface area contributed by atoms with Crippen LogP contribution in [0.15, 0.2) is 0 Å². The highest BCUT2D eigenvalue weighted by Crippen LogP contribution is 2.26. The van der Waals surface area contributed by atoms with E-state index in [0.29, 0.717) is 0 Å². The highest BCUT2D eigenvalue weighted by Gasteiger charge is 2.27. The maximum Gasteiger partial charge on any atom is 0.0107 e. The molecule has 1 N–H and O–H groups in total. The summed E-state index contributed by atoms with van der Waals surface area (Å²) in [6.45, 7) is 9.82. The minimum atomic E-state index is 0.790. The predicted molar refractivity (Wildman–Crippen MR) is 74.3 cm³/mol. The zero-order valence-corrected chi connectivity index (χ0v) is 11.8. The van der Waals surface area contributed by atoms with Gasteiger partial charge in [-0.05, 0) is 44.2 Å². The van der Waals surface area contributed by atoms with Crippen molar-refractivity contribution in [2.75, 3.05) is 26.2 Å². The molecule has 2 heteroatoms. The van der Waals surface area contributed by atoms with Gasteiger partial charge in [0.15, 0.2) is 0 Å². The van der Waals surface area contributed by atoms with Crippen molar-refractivity contribution >= 4 is 0 Å². The number of likely N-dealkylation sites (tertiary alicyclic amines) is 1. The van der Waals surface area contributed by atoms with Gasteiger partial charge in [-0.1, -0.05) is 33.1 Å². The molecule has 0 aromatic heterocycles. The topological polar surface area (TPSA) is 15.3 Å². The zero-order chi connectivity index (χ0) is 12.1. The number of hydrogen-bond acceptors (Lipinski definition) is 2. The van der Waals surface area contributed by atoms with E-state index in [4.69, 9.17) is 0 Å². The van der Waals surface area contributed by atoms with Crippen LogP contribution in [-0.4, -0.2) is 37.1 Å². The first-order chi connectivity index (χ1) is 8.29.